The molecule has 2 heteroatoms. The molecule has 9 rings (SSSR count). The van der Waals surface area contributed by atoms with Gasteiger partial charge in [0.15, 0.2) is 0 Å². The Hall–Kier alpha value is -5.86. The van der Waals surface area contributed by atoms with Crippen molar-refractivity contribution in [1.82, 2.24) is 9.97 Å². The molecular weight excluding hydrogens is 532 g/mol. The first-order valence-electron chi connectivity index (χ1n) is 15.0. The van der Waals surface area contributed by atoms with Crippen molar-refractivity contribution >= 4 is 53.9 Å². The van der Waals surface area contributed by atoms with Gasteiger partial charge in [0, 0.05) is 16.7 Å². The van der Waals surface area contributed by atoms with E-state index in [1.54, 1.807) is 0 Å². The van der Waals surface area contributed by atoms with E-state index in [0.717, 1.165) is 33.8 Å². The molecule has 9 aromatic rings. The van der Waals surface area contributed by atoms with Gasteiger partial charge >= 0.3 is 0 Å². The van der Waals surface area contributed by atoms with Gasteiger partial charge in [0.2, 0.25) is 0 Å². The van der Waals surface area contributed by atoms with E-state index in [4.69, 9.17) is 9.97 Å². The van der Waals surface area contributed by atoms with Crippen LogP contribution < -0.4 is 0 Å². The number of fused-ring (bicyclic) bond motifs is 5. The van der Waals surface area contributed by atoms with Gasteiger partial charge in [-0.1, -0.05) is 146 Å². The van der Waals surface area contributed by atoms with Crippen LogP contribution in [0.2, 0.25) is 0 Å². The predicted octanol–water partition coefficient (Wildman–Crippen LogP) is 11.2. The summed E-state index contributed by atoms with van der Waals surface area (Å²) in [7, 11) is 0. The molecule has 8 aromatic carbocycles. The van der Waals surface area contributed by atoms with E-state index in [0.29, 0.717) is 0 Å². The quantitative estimate of drug-likeness (QED) is 0.202. The van der Waals surface area contributed by atoms with Crippen LogP contribution in [0.5, 0.6) is 0 Å². The fourth-order valence-corrected chi connectivity index (χ4v) is 6.94. The van der Waals surface area contributed by atoms with Gasteiger partial charge in [0.05, 0.1) is 23.3 Å². The average Bonchev–Trinajstić information content (AvgIpc) is 3.10. The van der Waals surface area contributed by atoms with Crippen molar-refractivity contribution in [2.24, 2.45) is 0 Å². The van der Waals surface area contributed by atoms with Crippen molar-refractivity contribution in [3.63, 3.8) is 0 Å². The zero-order chi connectivity index (χ0) is 29.0. The van der Waals surface area contributed by atoms with Gasteiger partial charge in [-0.15, -0.1) is 0 Å². The highest BCUT2D eigenvalue weighted by atomic mass is 14.8. The molecule has 0 saturated heterocycles. The van der Waals surface area contributed by atoms with Gasteiger partial charge in [0.25, 0.3) is 0 Å². The third kappa shape index (κ3) is 3.75. The molecule has 204 valence electrons. The lowest BCUT2D eigenvalue weighted by Gasteiger charge is -2.17. The molecule has 0 N–H and O–H groups in total. The Labute approximate surface area is 254 Å². The van der Waals surface area contributed by atoms with E-state index in [2.05, 4.69) is 140 Å². The maximum atomic E-state index is 5.38. The van der Waals surface area contributed by atoms with Crippen molar-refractivity contribution in [3.8, 4) is 33.8 Å². The second-order valence-electron chi connectivity index (χ2n) is 11.3. The van der Waals surface area contributed by atoms with E-state index in [9.17, 15) is 0 Å². The van der Waals surface area contributed by atoms with Gasteiger partial charge in [0.1, 0.15) is 0 Å². The van der Waals surface area contributed by atoms with Gasteiger partial charge in [-0.05, 0) is 59.9 Å². The largest absolute Gasteiger partial charge is 0.252 e. The normalized spacial score (nSPS) is 11.6. The summed E-state index contributed by atoms with van der Waals surface area (Å²) in [5, 5.41) is 12.4. The molecule has 1 aromatic heterocycles. The second kappa shape index (κ2) is 9.86. The monoisotopic (exact) mass is 558 g/mol. The summed E-state index contributed by atoms with van der Waals surface area (Å²) < 4.78 is 0. The fraction of sp³-hybridized carbons (Fsp3) is 0. The zero-order valence-corrected chi connectivity index (χ0v) is 23.9. The number of nitrogens with zero attached hydrogens (tertiary/aromatic N) is 2. The van der Waals surface area contributed by atoms with Crippen molar-refractivity contribution < 1.29 is 0 Å². The number of benzene rings is 7. The molecule has 0 spiro atoms. The van der Waals surface area contributed by atoms with Crippen molar-refractivity contribution in [3.05, 3.63) is 158 Å². The van der Waals surface area contributed by atoms with E-state index in [-0.39, 0.29) is 0 Å². The maximum absolute atomic E-state index is 5.38. The first-order valence-corrected chi connectivity index (χ1v) is 15.0. The van der Waals surface area contributed by atoms with Crippen LogP contribution in [0.25, 0.3) is 87.6 Å². The molecular formula is C42H26N2. The van der Waals surface area contributed by atoms with Gasteiger partial charge in [-0.2, -0.15) is 0 Å². The number of hydrogen-bond acceptors (Lipinski definition) is 2. The Kier molecular flexibility index (Phi) is 5.54. The lowest BCUT2D eigenvalue weighted by molar-refractivity contribution is 1.22. The highest BCUT2D eigenvalue weighted by Gasteiger charge is 2.18. The average molecular weight is 559 g/mol. The minimum atomic E-state index is 0.865. The molecule has 0 fully saturated rings. The Morgan fingerprint density at radius 3 is 1.48 bits per heavy atom. The molecule has 0 radical (unpaired) electrons. The summed E-state index contributed by atoms with van der Waals surface area (Å²) in [5.74, 6) is 0. The molecule has 0 amide bonds. The summed E-state index contributed by atoms with van der Waals surface area (Å²) >= 11 is 0. The number of aromatic nitrogens is 2. The lowest BCUT2D eigenvalue weighted by Crippen LogP contribution is -1.97. The van der Waals surface area contributed by atoms with Crippen molar-refractivity contribution in [1.29, 1.82) is 0 Å². The van der Waals surface area contributed by atoms with Gasteiger partial charge in [-0.25, -0.2) is 4.98 Å². The van der Waals surface area contributed by atoms with Gasteiger partial charge < -0.3 is 0 Å². The van der Waals surface area contributed by atoms with E-state index in [1.807, 2.05) is 18.3 Å². The minimum absolute atomic E-state index is 0.865. The summed E-state index contributed by atoms with van der Waals surface area (Å²) in [6.07, 6.45) is 1.95. The second-order valence-corrected chi connectivity index (χ2v) is 11.3. The highest BCUT2D eigenvalue weighted by Crippen LogP contribution is 2.43. The molecule has 0 aliphatic heterocycles. The molecule has 0 bridgehead atoms. The van der Waals surface area contributed by atoms with Crippen LogP contribution in [0.15, 0.2) is 158 Å². The smallest absolute Gasteiger partial charge is 0.0972 e. The highest BCUT2D eigenvalue weighted by molar-refractivity contribution is 6.34. The predicted molar refractivity (Wildman–Crippen MR) is 186 cm³/mol. The topological polar surface area (TPSA) is 25.8 Å². The third-order valence-electron chi connectivity index (χ3n) is 8.87. The summed E-state index contributed by atoms with van der Waals surface area (Å²) in [4.78, 5) is 10.5. The molecule has 1 heterocycles. The Morgan fingerprint density at radius 1 is 0.364 bits per heavy atom. The molecule has 0 aliphatic rings. The Morgan fingerprint density at radius 2 is 0.841 bits per heavy atom. The van der Waals surface area contributed by atoms with Gasteiger partial charge in [-0.3, -0.25) is 4.98 Å². The molecule has 44 heavy (non-hydrogen) atoms. The summed E-state index contributed by atoms with van der Waals surface area (Å²) in [6, 6.07) is 54.0. The van der Waals surface area contributed by atoms with Crippen molar-refractivity contribution in [2.45, 2.75) is 0 Å². The summed E-state index contributed by atoms with van der Waals surface area (Å²) in [5.41, 5.74) is 5.82. The number of rotatable bonds is 3. The zero-order valence-electron chi connectivity index (χ0n) is 23.9. The SMILES string of the molecule is c1ccc(-c2ncc(-c3cc4cccc5c6ccccc6c6ccccc6c6cccc3c6c45)nc2-c2ccccc2)cc1. The van der Waals surface area contributed by atoms with Crippen LogP contribution in [0, 0.1) is 0 Å². The minimum Gasteiger partial charge on any atom is -0.252 e. The lowest BCUT2D eigenvalue weighted by atomic mass is 9.88. The maximum Gasteiger partial charge on any atom is 0.0972 e. The van der Waals surface area contributed by atoms with E-state index < -0.39 is 0 Å². The van der Waals surface area contributed by atoms with E-state index in [1.165, 1.54) is 53.9 Å². The molecule has 0 unspecified atom stereocenters. The van der Waals surface area contributed by atoms with Crippen molar-refractivity contribution in [2.75, 3.05) is 0 Å². The fourth-order valence-electron chi connectivity index (χ4n) is 6.94. The first kappa shape index (κ1) is 24.7. The van der Waals surface area contributed by atoms with Crippen LogP contribution in [-0.4, -0.2) is 9.97 Å². The van der Waals surface area contributed by atoms with E-state index >= 15 is 0 Å². The van der Waals surface area contributed by atoms with Crippen LogP contribution >= 0.6 is 0 Å². The Bertz CT molecular complexity index is 2530. The standard InChI is InChI=1S/C42H26N2/c1-3-13-27(14-4-1)41-42(28-15-5-2-6-16-28)44-38(26-43-41)37-25-29-17-11-22-34-32-20-9-7-18-30(32)31-19-8-10-21-33(31)35-23-12-24-36(37)40(35)39(29)34/h1-26H. The molecule has 2 nitrogen and oxygen atoms in total. The number of hydrogen-bond donors (Lipinski definition) is 0. The molecule has 0 atom stereocenters. The molecule has 0 aliphatic carbocycles. The third-order valence-corrected chi connectivity index (χ3v) is 8.87. The Balaban J connectivity index is 1.44. The van der Waals surface area contributed by atoms with Crippen LogP contribution in [0.4, 0.5) is 0 Å². The van der Waals surface area contributed by atoms with Crippen LogP contribution in [0.3, 0.4) is 0 Å². The van der Waals surface area contributed by atoms with Crippen LogP contribution in [0.1, 0.15) is 0 Å². The summed E-state index contributed by atoms with van der Waals surface area (Å²) in [6.45, 7) is 0. The first-order chi connectivity index (χ1) is 21.8. The van der Waals surface area contributed by atoms with Crippen LogP contribution in [-0.2, 0) is 0 Å². The molecule has 0 saturated carbocycles.